The molecule has 1 aromatic carbocycles. The Morgan fingerprint density at radius 2 is 1.71 bits per heavy atom. The molecule has 1 fully saturated rings. The Hall–Kier alpha value is -2.04. The Morgan fingerprint density at radius 3 is 2.33 bits per heavy atom. The minimum atomic E-state index is -0.887. The van der Waals surface area contributed by atoms with E-state index in [2.05, 4.69) is 0 Å². The number of carbonyl (C=O) groups excluding carboxylic acids is 1. The molecule has 112 valence electrons. The maximum atomic E-state index is 12.7. The topological polar surface area (TPSA) is 60.9 Å². The smallest absolute Gasteiger partial charge is 0.326 e. The Bertz CT molecular complexity index is 533. The second-order valence-corrected chi connectivity index (χ2v) is 5.80. The van der Waals surface area contributed by atoms with Gasteiger partial charge in [-0.25, -0.2) is 9.59 Å². The summed E-state index contributed by atoms with van der Waals surface area (Å²) in [5, 5.41) is 9.39. The van der Waals surface area contributed by atoms with Crippen molar-refractivity contribution in [2.75, 3.05) is 6.54 Å². The molecular formula is C16H20N2O3. The van der Waals surface area contributed by atoms with E-state index in [0.717, 1.165) is 30.4 Å². The summed E-state index contributed by atoms with van der Waals surface area (Å²) in [4.78, 5) is 27.5. The summed E-state index contributed by atoms with van der Waals surface area (Å²) in [6, 6.07) is 7.18. The molecule has 3 rings (SSSR count). The lowest BCUT2D eigenvalue weighted by molar-refractivity contribution is -0.142. The van der Waals surface area contributed by atoms with Crippen molar-refractivity contribution in [1.29, 1.82) is 0 Å². The van der Waals surface area contributed by atoms with Gasteiger partial charge in [-0.1, -0.05) is 37.1 Å². The zero-order valence-corrected chi connectivity index (χ0v) is 12.0. The first-order valence-corrected chi connectivity index (χ1v) is 7.52. The summed E-state index contributed by atoms with van der Waals surface area (Å²) in [6.45, 7) is 1.71. The van der Waals surface area contributed by atoms with Crippen LogP contribution in [-0.4, -0.2) is 39.5 Å². The molecule has 0 radical (unpaired) electrons. The molecule has 1 saturated heterocycles. The fraction of sp³-hybridized carbons (Fsp3) is 0.500. The number of hydrogen-bond acceptors (Lipinski definition) is 2. The van der Waals surface area contributed by atoms with Crippen LogP contribution in [0.4, 0.5) is 4.79 Å². The van der Waals surface area contributed by atoms with Gasteiger partial charge < -0.3 is 14.9 Å². The SMILES string of the molecule is O=C(O)C1CCCCCN1C(=O)N1Cc2ccccc2C1. The number of benzene rings is 1. The molecule has 1 N–H and O–H groups in total. The molecule has 2 aliphatic rings. The molecule has 0 aromatic heterocycles. The summed E-state index contributed by atoms with van der Waals surface area (Å²) in [5.41, 5.74) is 2.32. The first kappa shape index (κ1) is 13.9. The number of urea groups is 1. The zero-order chi connectivity index (χ0) is 14.8. The summed E-state index contributed by atoms with van der Waals surface area (Å²) < 4.78 is 0. The number of carbonyl (C=O) groups is 2. The molecule has 2 aliphatic heterocycles. The van der Waals surface area contributed by atoms with Crippen LogP contribution in [0.15, 0.2) is 24.3 Å². The van der Waals surface area contributed by atoms with Crippen LogP contribution in [0.25, 0.3) is 0 Å². The number of aliphatic carboxylic acids is 1. The summed E-state index contributed by atoms with van der Waals surface area (Å²) >= 11 is 0. The van der Waals surface area contributed by atoms with E-state index in [1.807, 2.05) is 24.3 Å². The Balaban J connectivity index is 1.76. The second-order valence-electron chi connectivity index (χ2n) is 5.80. The maximum absolute atomic E-state index is 12.7. The van der Waals surface area contributed by atoms with Crippen molar-refractivity contribution in [3.8, 4) is 0 Å². The largest absolute Gasteiger partial charge is 0.480 e. The van der Waals surface area contributed by atoms with E-state index in [9.17, 15) is 14.7 Å². The second kappa shape index (κ2) is 5.76. The van der Waals surface area contributed by atoms with Crippen LogP contribution in [0, 0.1) is 0 Å². The maximum Gasteiger partial charge on any atom is 0.326 e. The van der Waals surface area contributed by atoms with Gasteiger partial charge in [0.15, 0.2) is 0 Å². The van der Waals surface area contributed by atoms with E-state index < -0.39 is 12.0 Å². The third-order valence-electron chi connectivity index (χ3n) is 4.39. The van der Waals surface area contributed by atoms with Crippen molar-refractivity contribution in [3.05, 3.63) is 35.4 Å². The first-order valence-electron chi connectivity index (χ1n) is 7.52. The average Bonchev–Trinajstić information content (AvgIpc) is 2.75. The highest BCUT2D eigenvalue weighted by Crippen LogP contribution is 2.26. The zero-order valence-electron chi connectivity index (χ0n) is 12.0. The number of rotatable bonds is 1. The van der Waals surface area contributed by atoms with Crippen molar-refractivity contribution in [3.63, 3.8) is 0 Å². The summed E-state index contributed by atoms with van der Waals surface area (Å²) in [6.07, 6.45) is 3.31. The van der Waals surface area contributed by atoms with Gasteiger partial charge in [-0.3, -0.25) is 0 Å². The molecule has 0 aliphatic carbocycles. The number of carboxylic acid groups (broad SMARTS) is 1. The van der Waals surface area contributed by atoms with Gasteiger partial charge >= 0.3 is 12.0 Å². The fourth-order valence-electron chi connectivity index (χ4n) is 3.24. The average molecular weight is 288 g/mol. The monoisotopic (exact) mass is 288 g/mol. The quantitative estimate of drug-likeness (QED) is 0.863. The molecular weight excluding hydrogens is 268 g/mol. The van der Waals surface area contributed by atoms with Crippen molar-refractivity contribution in [1.82, 2.24) is 9.80 Å². The van der Waals surface area contributed by atoms with E-state index in [-0.39, 0.29) is 6.03 Å². The van der Waals surface area contributed by atoms with Gasteiger partial charge in [0.1, 0.15) is 6.04 Å². The van der Waals surface area contributed by atoms with Crippen LogP contribution in [0.1, 0.15) is 36.8 Å². The normalized spacial score (nSPS) is 21.8. The third kappa shape index (κ3) is 2.73. The van der Waals surface area contributed by atoms with Gasteiger partial charge in [-0.05, 0) is 24.0 Å². The van der Waals surface area contributed by atoms with Gasteiger partial charge in [0.05, 0.1) is 0 Å². The molecule has 0 spiro atoms. The van der Waals surface area contributed by atoms with E-state index >= 15 is 0 Å². The lowest BCUT2D eigenvalue weighted by Gasteiger charge is -2.31. The number of nitrogens with zero attached hydrogens (tertiary/aromatic N) is 2. The van der Waals surface area contributed by atoms with E-state index in [1.54, 1.807) is 9.80 Å². The van der Waals surface area contributed by atoms with Crippen LogP contribution >= 0.6 is 0 Å². The van der Waals surface area contributed by atoms with Gasteiger partial charge in [0.2, 0.25) is 0 Å². The highest BCUT2D eigenvalue weighted by molar-refractivity contribution is 5.83. The predicted molar refractivity (Wildman–Crippen MR) is 77.7 cm³/mol. The molecule has 1 atom stereocenters. The van der Waals surface area contributed by atoms with Crippen LogP contribution in [0.2, 0.25) is 0 Å². The van der Waals surface area contributed by atoms with Crippen LogP contribution in [0.3, 0.4) is 0 Å². The van der Waals surface area contributed by atoms with Crippen LogP contribution in [-0.2, 0) is 17.9 Å². The fourth-order valence-corrected chi connectivity index (χ4v) is 3.24. The molecule has 5 nitrogen and oxygen atoms in total. The lowest BCUT2D eigenvalue weighted by Crippen LogP contribution is -2.49. The van der Waals surface area contributed by atoms with Crippen molar-refractivity contribution in [2.45, 2.75) is 44.8 Å². The van der Waals surface area contributed by atoms with Crippen molar-refractivity contribution >= 4 is 12.0 Å². The van der Waals surface area contributed by atoms with Crippen LogP contribution < -0.4 is 0 Å². The predicted octanol–water partition coefficient (Wildman–Crippen LogP) is 2.45. The van der Waals surface area contributed by atoms with E-state index in [4.69, 9.17) is 0 Å². The van der Waals surface area contributed by atoms with Gasteiger partial charge in [-0.2, -0.15) is 0 Å². The summed E-state index contributed by atoms with van der Waals surface area (Å²) in [7, 11) is 0. The van der Waals surface area contributed by atoms with Crippen molar-refractivity contribution < 1.29 is 14.7 Å². The van der Waals surface area contributed by atoms with Crippen molar-refractivity contribution in [2.24, 2.45) is 0 Å². The molecule has 2 amide bonds. The van der Waals surface area contributed by atoms with E-state index in [0.29, 0.717) is 26.1 Å². The van der Waals surface area contributed by atoms with Gasteiger partial charge in [0, 0.05) is 19.6 Å². The van der Waals surface area contributed by atoms with Gasteiger partial charge in [-0.15, -0.1) is 0 Å². The minimum Gasteiger partial charge on any atom is -0.480 e. The molecule has 0 bridgehead atoms. The number of carboxylic acids is 1. The molecule has 1 unspecified atom stereocenters. The number of likely N-dealkylation sites (tertiary alicyclic amines) is 1. The molecule has 21 heavy (non-hydrogen) atoms. The van der Waals surface area contributed by atoms with E-state index in [1.165, 1.54) is 0 Å². The molecule has 1 aromatic rings. The first-order chi connectivity index (χ1) is 10.2. The molecule has 5 heteroatoms. The highest BCUT2D eigenvalue weighted by Gasteiger charge is 2.35. The van der Waals surface area contributed by atoms with Gasteiger partial charge in [0.25, 0.3) is 0 Å². The lowest BCUT2D eigenvalue weighted by atomic mass is 10.1. The van der Waals surface area contributed by atoms with Crippen LogP contribution in [0.5, 0.6) is 0 Å². The Morgan fingerprint density at radius 1 is 1.05 bits per heavy atom. The summed E-state index contributed by atoms with van der Waals surface area (Å²) in [5.74, 6) is -0.887. The minimum absolute atomic E-state index is 0.138. The number of hydrogen-bond donors (Lipinski definition) is 1. The Labute approximate surface area is 124 Å². The number of fused-ring (bicyclic) bond motifs is 1. The molecule has 0 saturated carbocycles. The Kier molecular flexibility index (Phi) is 3.82. The standard InChI is InChI=1S/C16H20N2O3/c19-15(20)14-8-2-1-5-9-18(14)16(21)17-10-12-6-3-4-7-13(12)11-17/h3-4,6-7,14H,1-2,5,8-11H2,(H,19,20). The number of amides is 2. The third-order valence-corrected chi connectivity index (χ3v) is 4.39. The highest BCUT2D eigenvalue weighted by atomic mass is 16.4. The molecule has 2 heterocycles.